The third-order valence-corrected chi connectivity index (χ3v) is 16.2. The van der Waals surface area contributed by atoms with Crippen LogP contribution in [0.2, 0.25) is 0 Å². The van der Waals surface area contributed by atoms with E-state index < -0.39 is 0 Å². The van der Waals surface area contributed by atoms with E-state index in [1.54, 1.807) is 0 Å². The van der Waals surface area contributed by atoms with Gasteiger partial charge in [-0.3, -0.25) is 4.90 Å². The third kappa shape index (κ3) is 4.97. The first-order valence-electron chi connectivity index (χ1n) is 24.0. The Balaban J connectivity index is 0.977. The first kappa shape index (κ1) is 39.5. The number of para-hydroxylation sites is 2. The molecular formula is C64H50N2O2. The molecule has 0 radical (unpaired) electrons. The lowest BCUT2D eigenvalue weighted by molar-refractivity contribution is 0.600. The highest BCUT2D eigenvalue weighted by molar-refractivity contribution is 6.21. The van der Waals surface area contributed by atoms with E-state index in [-0.39, 0.29) is 16.2 Å². The van der Waals surface area contributed by atoms with Gasteiger partial charge in [0.2, 0.25) is 0 Å². The maximum atomic E-state index is 7.02. The van der Waals surface area contributed by atoms with Crippen molar-refractivity contribution >= 4 is 61.1 Å². The van der Waals surface area contributed by atoms with Gasteiger partial charge in [0.05, 0.1) is 0 Å². The Kier molecular flexibility index (Phi) is 7.70. The molecule has 0 bridgehead atoms. The number of hydrogen-bond acceptors (Lipinski definition) is 4. The number of fused-ring (bicyclic) bond motifs is 19. The summed E-state index contributed by atoms with van der Waals surface area (Å²) in [5.41, 5.74) is 25.5. The number of anilines is 3. The molecule has 3 aliphatic carbocycles. The van der Waals surface area contributed by atoms with E-state index in [1.807, 2.05) is 12.3 Å². The average molecular weight is 879 g/mol. The van der Waals surface area contributed by atoms with Crippen molar-refractivity contribution in [3.8, 4) is 44.5 Å². The lowest BCUT2D eigenvalue weighted by Gasteiger charge is -2.31. The second-order valence-electron chi connectivity index (χ2n) is 21.2. The largest absolute Gasteiger partial charge is 0.455 e. The smallest absolute Gasteiger partial charge is 0.144 e. The van der Waals surface area contributed by atoms with Crippen molar-refractivity contribution in [1.29, 1.82) is 0 Å². The van der Waals surface area contributed by atoms with Crippen molar-refractivity contribution in [1.82, 2.24) is 4.98 Å². The first-order valence-corrected chi connectivity index (χ1v) is 24.0. The summed E-state index contributed by atoms with van der Waals surface area (Å²) >= 11 is 0. The van der Waals surface area contributed by atoms with Gasteiger partial charge in [0.25, 0.3) is 0 Å². The zero-order chi connectivity index (χ0) is 46.2. The van der Waals surface area contributed by atoms with Crippen LogP contribution in [0.4, 0.5) is 17.2 Å². The van der Waals surface area contributed by atoms with E-state index in [2.05, 4.69) is 206 Å². The fourth-order valence-corrected chi connectivity index (χ4v) is 13.1. The number of furan rings is 2. The minimum absolute atomic E-state index is 0.215. The Morgan fingerprint density at radius 2 is 0.985 bits per heavy atom. The SMILES string of the molecule is Cc1ccc(-c2cc3c(c4c2oc2ccccc24)-c2ccc(N(c4ccc5c(c4)C(C)(C)c4c6c(c7c(oc8ccccc87)c4-5)-c4ccccc4C6(C)C)c4ccccn4)cc2C3(C)C)c(C)c1. The molecule has 0 amide bonds. The number of rotatable bonds is 4. The Morgan fingerprint density at radius 1 is 0.426 bits per heavy atom. The summed E-state index contributed by atoms with van der Waals surface area (Å²) in [6, 6.07) is 55.7. The van der Waals surface area contributed by atoms with E-state index in [4.69, 9.17) is 13.8 Å². The molecule has 0 N–H and O–H groups in total. The van der Waals surface area contributed by atoms with Crippen molar-refractivity contribution in [2.24, 2.45) is 0 Å². The van der Waals surface area contributed by atoms with Gasteiger partial charge in [-0.25, -0.2) is 4.98 Å². The second kappa shape index (κ2) is 13.3. The van der Waals surface area contributed by atoms with Gasteiger partial charge in [0.1, 0.15) is 28.1 Å². The molecule has 0 spiro atoms. The Bertz CT molecular complexity index is 4030. The molecule has 0 saturated carbocycles. The van der Waals surface area contributed by atoms with Crippen LogP contribution in [-0.2, 0) is 16.2 Å². The van der Waals surface area contributed by atoms with E-state index in [0.717, 1.165) is 50.5 Å². The lowest BCUT2D eigenvalue weighted by Crippen LogP contribution is -2.24. The highest BCUT2D eigenvalue weighted by Crippen LogP contribution is 2.64. The van der Waals surface area contributed by atoms with Gasteiger partial charge in [0.15, 0.2) is 0 Å². The molecule has 11 aromatic rings. The summed E-state index contributed by atoms with van der Waals surface area (Å²) in [6.45, 7) is 18.8. The maximum Gasteiger partial charge on any atom is 0.144 e. The zero-order valence-electron chi connectivity index (χ0n) is 39.7. The molecule has 0 unspecified atom stereocenters. The molecule has 3 aliphatic rings. The van der Waals surface area contributed by atoms with Crippen molar-refractivity contribution in [2.75, 3.05) is 4.90 Å². The van der Waals surface area contributed by atoms with Gasteiger partial charge in [-0.15, -0.1) is 0 Å². The molecule has 8 aromatic carbocycles. The van der Waals surface area contributed by atoms with Crippen molar-refractivity contribution in [3.05, 3.63) is 202 Å². The summed E-state index contributed by atoms with van der Waals surface area (Å²) in [7, 11) is 0. The molecule has 0 fully saturated rings. The van der Waals surface area contributed by atoms with Gasteiger partial charge in [-0.05, 0) is 141 Å². The number of nitrogens with zero attached hydrogens (tertiary/aromatic N) is 2. The van der Waals surface area contributed by atoms with Crippen LogP contribution in [0.5, 0.6) is 0 Å². The number of hydrogen-bond donors (Lipinski definition) is 0. The van der Waals surface area contributed by atoms with Crippen LogP contribution in [0.15, 0.2) is 167 Å². The van der Waals surface area contributed by atoms with Crippen LogP contribution in [0.3, 0.4) is 0 Å². The molecule has 328 valence electrons. The van der Waals surface area contributed by atoms with Crippen molar-refractivity contribution in [3.63, 3.8) is 0 Å². The standard InChI is InChI=1S/C64H50N2O2/c1-35-24-27-39(36(2)31-35)45-34-49-53(55-43-18-10-13-21-50(43)67-60(45)55)41-28-25-37(32-47(41)62(49,3)4)66(52-23-15-16-30-65-52)38-26-29-42-48(33-38)64(7,8)59-57(42)61-56(44-19-11-14-22-51(44)68-61)54-40-17-9-12-20-46(40)63(5,6)58(54)59/h9-34H,1-8H3. The summed E-state index contributed by atoms with van der Waals surface area (Å²) in [4.78, 5) is 7.40. The van der Waals surface area contributed by atoms with Gasteiger partial charge >= 0.3 is 0 Å². The topological polar surface area (TPSA) is 42.4 Å². The molecule has 0 atom stereocenters. The highest BCUT2D eigenvalue weighted by Gasteiger charge is 2.49. The van der Waals surface area contributed by atoms with E-state index in [9.17, 15) is 0 Å². The predicted octanol–water partition coefficient (Wildman–Crippen LogP) is 17.6. The van der Waals surface area contributed by atoms with E-state index in [1.165, 1.54) is 99.6 Å². The fraction of sp³-hybridized carbons (Fsp3) is 0.172. The minimum atomic E-state index is -0.346. The molecule has 4 heteroatoms. The molecule has 0 aliphatic heterocycles. The van der Waals surface area contributed by atoms with Crippen LogP contribution < -0.4 is 4.90 Å². The molecule has 0 saturated heterocycles. The summed E-state index contributed by atoms with van der Waals surface area (Å²) in [5, 5.41) is 4.72. The van der Waals surface area contributed by atoms with Crippen LogP contribution >= 0.6 is 0 Å². The highest BCUT2D eigenvalue weighted by atomic mass is 16.3. The fourth-order valence-electron chi connectivity index (χ4n) is 13.1. The predicted molar refractivity (Wildman–Crippen MR) is 281 cm³/mol. The Labute approximate surface area is 396 Å². The van der Waals surface area contributed by atoms with Gasteiger partial charge in [-0.2, -0.15) is 0 Å². The average Bonchev–Trinajstić information content (AvgIpc) is 4.09. The van der Waals surface area contributed by atoms with Crippen LogP contribution in [-0.4, -0.2) is 4.98 Å². The maximum absolute atomic E-state index is 7.02. The normalized spacial score (nSPS) is 15.4. The quantitative estimate of drug-likeness (QED) is 0.177. The molecule has 4 nitrogen and oxygen atoms in total. The summed E-state index contributed by atoms with van der Waals surface area (Å²) < 4.78 is 13.9. The molecule has 68 heavy (non-hydrogen) atoms. The first-order chi connectivity index (χ1) is 32.8. The monoisotopic (exact) mass is 878 g/mol. The van der Waals surface area contributed by atoms with E-state index in [0.29, 0.717) is 0 Å². The van der Waals surface area contributed by atoms with Crippen LogP contribution in [0.1, 0.15) is 86.1 Å². The molecule has 14 rings (SSSR count). The minimum Gasteiger partial charge on any atom is -0.455 e. The number of aryl methyl sites for hydroxylation is 2. The van der Waals surface area contributed by atoms with Crippen LogP contribution in [0, 0.1) is 13.8 Å². The van der Waals surface area contributed by atoms with Crippen molar-refractivity contribution in [2.45, 2.75) is 71.6 Å². The summed E-state index contributed by atoms with van der Waals surface area (Å²) in [5.74, 6) is 0.867. The van der Waals surface area contributed by atoms with Crippen LogP contribution in [0.25, 0.3) is 88.4 Å². The van der Waals surface area contributed by atoms with Gasteiger partial charge in [-0.1, -0.05) is 144 Å². The lowest BCUT2D eigenvalue weighted by atomic mass is 9.72. The molecular weight excluding hydrogens is 829 g/mol. The third-order valence-electron chi connectivity index (χ3n) is 16.2. The second-order valence-corrected chi connectivity index (χ2v) is 21.2. The van der Waals surface area contributed by atoms with Gasteiger partial charge in [0, 0.05) is 66.5 Å². The number of pyridine rings is 1. The van der Waals surface area contributed by atoms with Crippen molar-refractivity contribution < 1.29 is 8.83 Å². The van der Waals surface area contributed by atoms with E-state index >= 15 is 0 Å². The van der Waals surface area contributed by atoms with Gasteiger partial charge < -0.3 is 8.83 Å². The Hall–Kier alpha value is -7.69. The number of benzene rings is 8. The summed E-state index contributed by atoms with van der Waals surface area (Å²) in [6.07, 6.45) is 1.90. The number of aromatic nitrogens is 1. The zero-order valence-corrected chi connectivity index (χ0v) is 39.7. The Morgan fingerprint density at radius 3 is 1.68 bits per heavy atom. The molecule has 3 aromatic heterocycles. The molecule has 3 heterocycles.